The molecule has 5 atom stereocenters. The smallest absolute Gasteiger partial charge is 0.339 e. The number of nitrogens with zero attached hydrogens (tertiary/aromatic N) is 6. The second-order valence-electron chi connectivity index (χ2n) is 13.6. The fraction of sp³-hybridized carbons (Fsp3) is 0.500. The molecule has 1 aliphatic carbocycles. The molecule has 0 bridgehead atoms. The van der Waals surface area contributed by atoms with Gasteiger partial charge in [0.15, 0.2) is 24.4 Å². The van der Waals surface area contributed by atoms with Crippen molar-refractivity contribution in [1.29, 1.82) is 0 Å². The van der Waals surface area contributed by atoms with E-state index >= 15 is 0 Å². The first-order chi connectivity index (χ1) is 25.9. The summed E-state index contributed by atoms with van der Waals surface area (Å²) >= 11 is 0. The van der Waals surface area contributed by atoms with Crippen LogP contribution in [0.4, 0.5) is 0 Å². The zero-order valence-corrected chi connectivity index (χ0v) is 30.9. The first-order valence-electron chi connectivity index (χ1n) is 18.1. The van der Waals surface area contributed by atoms with Gasteiger partial charge in [-0.05, 0) is 41.2 Å². The van der Waals surface area contributed by atoms with Crippen molar-refractivity contribution in [3.63, 3.8) is 0 Å². The molecular formula is C38H44N6O10. The molecule has 6 rings (SSSR count). The number of benzene rings is 2. The minimum Gasteiger partial charge on any atom is -0.467 e. The van der Waals surface area contributed by atoms with Crippen LogP contribution >= 0.6 is 0 Å². The number of methoxy groups -OCH3 is 1. The second kappa shape index (κ2) is 16.2. The predicted molar refractivity (Wildman–Crippen MR) is 190 cm³/mol. The Morgan fingerprint density at radius 2 is 1.50 bits per heavy atom. The first kappa shape index (κ1) is 38.2. The molecule has 16 nitrogen and oxygen atoms in total. The molecule has 2 aromatic carbocycles. The van der Waals surface area contributed by atoms with Crippen LogP contribution in [0.2, 0.25) is 0 Å². The Bertz CT molecular complexity index is 1920. The highest BCUT2D eigenvalue weighted by atomic mass is 16.7. The zero-order valence-electron chi connectivity index (χ0n) is 30.9. The maximum Gasteiger partial charge on any atom is 0.339 e. The topological polar surface area (TPSA) is 191 Å². The number of unbranched alkanes of at least 4 members (excludes halogenated alkanes) is 1. The largest absolute Gasteiger partial charge is 0.467 e. The van der Waals surface area contributed by atoms with Gasteiger partial charge in [-0.25, -0.2) is 4.79 Å². The molecule has 1 saturated carbocycles. The summed E-state index contributed by atoms with van der Waals surface area (Å²) in [6.45, 7) is 5.91. The number of aromatic nitrogens is 4. The molecular weight excluding hydrogens is 700 g/mol. The number of carbonyl (C=O) groups excluding carboxylic acids is 5. The molecule has 2 fully saturated rings. The number of rotatable bonds is 12. The van der Waals surface area contributed by atoms with Crippen molar-refractivity contribution >= 4 is 35.6 Å². The Morgan fingerprint density at radius 1 is 0.870 bits per heavy atom. The average molecular weight is 745 g/mol. The monoisotopic (exact) mass is 744 g/mol. The van der Waals surface area contributed by atoms with Gasteiger partial charge in [-0.1, -0.05) is 74.7 Å². The average Bonchev–Trinajstić information content (AvgIpc) is 3.89. The predicted octanol–water partition coefficient (Wildman–Crippen LogP) is 4.12. The van der Waals surface area contributed by atoms with Gasteiger partial charge in [0.1, 0.15) is 11.4 Å². The Balaban J connectivity index is 1.28. The molecule has 5 unspecified atom stereocenters. The van der Waals surface area contributed by atoms with E-state index in [-0.39, 0.29) is 11.7 Å². The number of tetrazole rings is 1. The lowest BCUT2D eigenvalue weighted by Crippen LogP contribution is -2.61. The van der Waals surface area contributed by atoms with E-state index in [1.807, 2.05) is 53.4 Å². The number of hydrogen-bond donors (Lipinski definition) is 0. The van der Waals surface area contributed by atoms with Crippen LogP contribution < -0.4 is 0 Å². The summed E-state index contributed by atoms with van der Waals surface area (Å²) in [6, 6.07) is 15.3. The maximum absolute atomic E-state index is 13.7. The standard InChI is InChI=1S/C38H44N6O10/c1-6-7-14-29-39-38(19-10-11-20-38)37(49)43(29)21-25-15-17-26(18-16-25)27-12-8-9-13-28(27)34-40-42-44(41-34)35-32(53-24(4)47)30(51-22(2)45)31(52-23(3)46)33(54-35)36(48)50-5/h8-9,12-13,15-18,30-33,35H,6-7,10-11,14,19-21H2,1-5H3. The molecule has 54 heavy (non-hydrogen) atoms. The summed E-state index contributed by atoms with van der Waals surface area (Å²) in [5, 5.41) is 13.0. The highest BCUT2D eigenvalue weighted by molar-refractivity contribution is 6.08. The Kier molecular flexibility index (Phi) is 11.5. The molecule has 0 N–H and O–H groups in total. The van der Waals surface area contributed by atoms with Gasteiger partial charge in [-0.15, -0.1) is 15.0 Å². The van der Waals surface area contributed by atoms with Crippen molar-refractivity contribution in [2.75, 3.05) is 7.11 Å². The van der Waals surface area contributed by atoms with E-state index in [1.54, 1.807) is 0 Å². The summed E-state index contributed by atoms with van der Waals surface area (Å²) in [6.07, 6.45) is -1.20. The van der Waals surface area contributed by atoms with E-state index in [9.17, 15) is 24.0 Å². The molecule has 3 heterocycles. The molecule has 1 aromatic heterocycles. The molecule has 286 valence electrons. The third kappa shape index (κ3) is 7.88. The fourth-order valence-electron chi connectivity index (χ4n) is 7.32. The number of ether oxygens (including phenoxy) is 5. The lowest BCUT2D eigenvalue weighted by molar-refractivity contribution is -0.267. The van der Waals surface area contributed by atoms with Gasteiger partial charge < -0.3 is 23.7 Å². The third-order valence-electron chi connectivity index (χ3n) is 9.76. The SMILES string of the molecule is CCCCC1=NC2(CCCC2)C(=O)N1Cc1ccc(-c2ccccc2-c2nnn(C3OC(C(=O)OC)C(OC(C)=O)C(OC(C)=O)C3OC(C)=O)n2)cc1. The van der Waals surface area contributed by atoms with E-state index in [4.69, 9.17) is 28.7 Å². The molecule has 1 spiro atoms. The van der Waals surface area contributed by atoms with Crippen molar-refractivity contribution in [2.24, 2.45) is 4.99 Å². The molecule has 0 radical (unpaired) electrons. The number of aliphatic imine (C=N–C) groups is 1. The zero-order chi connectivity index (χ0) is 38.6. The highest BCUT2D eigenvalue weighted by Crippen LogP contribution is 2.40. The molecule has 2 aliphatic heterocycles. The van der Waals surface area contributed by atoms with E-state index < -0.39 is 60.1 Å². The van der Waals surface area contributed by atoms with Crippen LogP contribution in [-0.4, -0.2) is 97.8 Å². The third-order valence-corrected chi connectivity index (χ3v) is 9.76. The van der Waals surface area contributed by atoms with Gasteiger partial charge >= 0.3 is 23.9 Å². The number of hydrogen-bond acceptors (Lipinski definition) is 14. The van der Waals surface area contributed by atoms with Gasteiger partial charge in [-0.2, -0.15) is 0 Å². The summed E-state index contributed by atoms with van der Waals surface area (Å²) in [5.74, 6) is -2.20. The summed E-state index contributed by atoms with van der Waals surface area (Å²) in [5.41, 5.74) is 2.59. The minimum absolute atomic E-state index is 0.103. The summed E-state index contributed by atoms with van der Waals surface area (Å²) in [4.78, 5) is 71.0. The summed E-state index contributed by atoms with van der Waals surface area (Å²) in [7, 11) is 1.11. The Morgan fingerprint density at radius 3 is 2.13 bits per heavy atom. The summed E-state index contributed by atoms with van der Waals surface area (Å²) < 4.78 is 27.2. The van der Waals surface area contributed by atoms with E-state index in [2.05, 4.69) is 22.3 Å². The van der Waals surface area contributed by atoms with Crippen LogP contribution in [-0.2, 0) is 54.2 Å². The van der Waals surface area contributed by atoms with Crippen LogP contribution in [0, 0.1) is 0 Å². The van der Waals surface area contributed by atoms with E-state index in [1.165, 1.54) is 0 Å². The van der Waals surface area contributed by atoms with Crippen molar-refractivity contribution in [3.05, 3.63) is 54.1 Å². The highest BCUT2D eigenvalue weighted by Gasteiger charge is 2.56. The Labute approximate surface area is 312 Å². The molecule has 1 amide bonds. The van der Waals surface area contributed by atoms with Crippen LogP contribution in [0.3, 0.4) is 0 Å². The molecule has 3 aromatic rings. The Hall–Kier alpha value is -5.51. The quantitative estimate of drug-likeness (QED) is 0.190. The van der Waals surface area contributed by atoms with Gasteiger partial charge in [0.25, 0.3) is 5.91 Å². The normalized spacial score (nSPS) is 23.2. The number of amides is 1. The number of carbonyl (C=O) groups is 5. The molecule has 1 saturated heterocycles. The first-order valence-corrected chi connectivity index (χ1v) is 18.1. The number of esters is 4. The molecule has 16 heteroatoms. The van der Waals surface area contributed by atoms with Crippen molar-refractivity contribution < 1.29 is 47.7 Å². The van der Waals surface area contributed by atoms with E-state index in [0.29, 0.717) is 12.1 Å². The van der Waals surface area contributed by atoms with Gasteiger partial charge in [-0.3, -0.25) is 29.1 Å². The van der Waals surface area contributed by atoms with Crippen LogP contribution in [0.25, 0.3) is 22.5 Å². The minimum atomic E-state index is -1.62. The van der Waals surface area contributed by atoms with Crippen molar-refractivity contribution in [2.45, 2.75) is 115 Å². The van der Waals surface area contributed by atoms with E-state index in [0.717, 1.165) is 100 Å². The number of amidine groups is 1. The second-order valence-corrected chi connectivity index (χ2v) is 13.6. The van der Waals surface area contributed by atoms with Crippen molar-refractivity contribution in [3.8, 4) is 22.5 Å². The van der Waals surface area contributed by atoms with Crippen LogP contribution in [0.15, 0.2) is 53.5 Å². The lowest BCUT2D eigenvalue weighted by Gasteiger charge is -2.42. The van der Waals surface area contributed by atoms with Gasteiger partial charge in [0.05, 0.1) is 13.7 Å². The van der Waals surface area contributed by atoms with Gasteiger partial charge in [0.2, 0.25) is 12.1 Å². The van der Waals surface area contributed by atoms with Crippen LogP contribution in [0.1, 0.15) is 84.4 Å². The fourth-order valence-corrected chi connectivity index (χ4v) is 7.32. The molecule has 3 aliphatic rings. The maximum atomic E-state index is 13.7. The van der Waals surface area contributed by atoms with Gasteiger partial charge in [0, 0.05) is 32.8 Å². The van der Waals surface area contributed by atoms with Crippen molar-refractivity contribution in [1.82, 2.24) is 25.1 Å². The van der Waals surface area contributed by atoms with Crippen LogP contribution in [0.5, 0.6) is 0 Å². The lowest BCUT2D eigenvalue weighted by atomic mass is 9.97.